The van der Waals surface area contributed by atoms with Crippen LogP contribution in [0.25, 0.3) is 0 Å². The van der Waals surface area contributed by atoms with Crippen LogP contribution in [0.15, 0.2) is 34.1 Å². The van der Waals surface area contributed by atoms with Crippen LogP contribution in [0.1, 0.15) is 25.0 Å². The van der Waals surface area contributed by atoms with E-state index in [9.17, 15) is 9.59 Å². The Morgan fingerprint density at radius 1 is 1.32 bits per heavy atom. The van der Waals surface area contributed by atoms with Gasteiger partial charge in [0.2, 0.25) is 0 Å². The van der Waals surface area contributed by atoms with Gasteiger partial charge >= 0.3 is 5.69 Å². The molecule has 2 aromatic heterocycles. The number of nitrogens with zero attached hydrogens (tertiary/aromatic N) is 4. The van der Waals surface area contributed by atoms with Crippen LogP contribution in [-0.4, -0.2) is 27.6 Å². The minimum Gasteiger partial charge on any atom is -0.357 e. The highest BCUT2D eigenvalue weighted by Crippen LogP contribution is 2.11. The summed E-state index contributed by atoms with van der Waals surface area (Å²) in [6, 6.07) is 5.53. The summed E-state index contributed by atoms with van der Waals surface area (Å²) in [5.41, 5.74) is -0.489. The predicted octanol–water partition coefficient (Wildman–Crippen LogP) is 0.698. The number of hydrogen-bond donors (Lipinski definition) is 1. The number of pyridine rings is 1. The summed E-state index contributed by atoms with van der Waals surface area (Å²) in [6.45, 7) is 6.10. The first kappa shape index (κ1) is 15.5. The van der Waals surface area contributed by atoms with E-state index in [2.05, 4.69) is 28.7 Å². The first-order chi connectivity index (χ1) is 10.6. The van der Waals surface area contributed by atoms with Gasteiger partial charge < -0.3 is 4.90 Å². The Morgan fingerprint density at radius 2 is 2.05 bits per heavy atom. The van der Waals surface area contributed by atoms with E-state index in [1.807, 2.05) is 12.1 Å². The molecule has 0 saturated heterocycles. The Balaban J connectivity index is 2.27. The molecular weight excluding hydrogens is 282 g/mol. The first-order valence-electron chi connectivity index (χ1n) is 7.02. The average Bonchev–Trinajstić information content (AvgIpc) is 2.52. The third-order valence-corrected chi connectivity index (χ3v) is 3.38. The van der Waals surface area contributed by atoms with Crippen LogP contribution in [0.2, 0.25) is 0 Å². The number of aromatic nitrogens is 3. The fourth-order valence-corrected chi connectivity index (χ4v) is 2.15. The molecule has 0 amide bonds. The highest BCUT2D eigenvalue weighted by Gasteiger charge is 2.06. The quantitative estimate of drug-likeness (QED) is 0.877. The maximum absolute atomic E-state index is 11.7. The number of anilines is 1. The van der Waals surface area contributed by atoms with Crippen molar-refractivity contribution in [2.45, 2.75) is 20.4 Å². The molecule has 0 aromatic carbocycles. The molecule has 0 spiro atoms. The van der Waals surface area contributed by atoms with Crippen molar-refractivity contribution in [3.05, 3.63) is 56.5 Å². The zero-order valence-electron chi connectivity index (χ0n) is 12.5. The molecule has 0 aliphatic rings. The van der Waals surface area contributed by atoms with E-state index in [0.717, 1.165) is 24.5 Å². The molecule has 7 nitrogen and oxygen atoms in total. The molecule has 0 aliphatic carbocycles. The zero-order valence-corrected chi connectivity index (χ0v) is 12.5. The zero-order chi connectivity index (χ0) is 16.1. The molecule has 0 unspecified atom stereocenters. The van der Waals surface area contributed by atoms with Gasteiger partial charge in [-0.2, -0.15) is 5.26 Å². The SMILES string of the molecule is CCN(CC)c1ccc(Cn2cc(C#N)c(=O)[nH]c2=O)cn1. The van der Waals surface area contributed by atoms with Gasteiger partial charge in [-0.1, -0.05) is 6.07 Å². The fourth-order valence-electron chi connectivity index (χ4n) is 2.15. The van der Waals surface area contributed by atoms with Gasteiger partial charge in [0.15, 0.2) is 0 Å². The van der Waals surface area contributed by atoms with Gasteiger partial charge in [0, 0.05) is 25.5 Å². The monoisotopic (exact) mass is 299 g/mol. The van der Waals surface area contributed by atoms with Crippen molar-refractivity contribution in [3.8, 4) is 6.07 Å². The predicted molar refractivity (Wildman–Crippen MR) is 82.9 cm³/mol. The molecule has 0 saturated carbocycles. The number of hydrogen-bond acceptors (Lipinski definition) is 5. The summed E-state index contributed by atoms with van der Waals surface area (Å²) in [7, 11) is 0. The van der Waals surface area contributed by atoms with Crippen LogP contribution >= 0.6 is 0 Å². The van der Waals surface area contributed by atoms with Crippen LogP contribution in [0.3, 0.4) is 0 Å². The highest BCUT2D eigenvalue weighted by molar-refractivity contribution is 5.39. The van der Waals surface area contributed by atoms with Gasteiger partial charge in [-0.05, 0) is 25.5 Å². The maximum Gasteiger partial charge on any atom is 0.328 e. The van der Waals surface area contributed by atoms with Gasteiger partial charge in [0.1, 0.15) is 17.5 Å². The van der Waals surface area contributed by atoms with E-state index in [4.69, 9.17) is 5.26 Å². The maximum atomic E-state index is 11.7. The fraction of sp³-hybridized carbons (Fsp3) is 0.333. The molecule has 2 rings (SSSR count). The van der Waals surface area contributed by atoms with Gasteiger partial charge in [0.25, 0.3) is 5.56 Å². The van der Waals surface area contributed by atoms with Crippen molar-refractivity contribution >= 4 is 5.82 Å². The molecule has 1 N–H and O–H groups in total. The summed E-state index contributed by atoms with van der Waals surface area (Å²) in [5.74, 6) is 0.875. The van der Waals surface area contributed by atoms with Crippen molar-refractivity contribution in [2.24, 2.45) is 0 Å². The van der Waals surface area contributed by atoms with Gasteiger partial charge in [-0.3, -0.25) is 14.3 Å². The van der Waals surface area contributed by atoms with Crippen LogP contribution in [0.5, 0.6) is 0 Å². The third kappa shape index (κ3) is 3.23. The van der Waals surface area contributed by atoms with Gasteiger partial charge in [-0.15, -0.1) is 0 Å². The lowest BCUT2D eigenvalue weighted by Crippen LogP contribution is -2.31. The lowest BCUT2D eigenvalue weighted by atomic mass is 10.2. The summed E-state index contributed by atoms with van der Waals surface area (Å²) in [4.78, 5) is 31.7. The largest absolute Gasteiger partial charge is 0.357 e. The molecule has 0 fully saturated rings. The normalized spacial score (nSPS) is 10.2. The van der Waals surface area contributed by atoms with E-state index in [1.54, 1.807) is 12.3 Å². The van der Waals surface area contributed by atoms with Crippen LogP contribution < -0.4 is 16.1 Å². The molecule has 0 aliphatic heterocycles. The highest BCUT2D eigenvalue weighted by atomic mass is 16.2. The average molecular weight is 299 g/mol. The molecule has 2 heterocycles. The summed E-state index contributed by atoms with van der Waals surface area (Å²) >= 11 is 0. The van der Waals surface area contributed by atoms with Crippen LogP contribution in [0, 0.1) is 11.3 Å². The third-order valence-electron chi connectivity index (χ3n) is 3.38. The van der Waals surface area contributed by atoms with E-state index in [-0.39, 0.29) is 12.1 Å². The lowest BCUT2D eigenvalue weighted by molar-refractivity contribution is 0.714. The Labute approximate surface area is 127 Å². The number of nitriles is 1. The molecule has 0 radical (unpaired) electrons. The van der Waals surface area contributed by atoms with Crippen molar-refractivity contribution < 1.29 is 0 Å². The summed E-state index contributed by atoms with van der Waals surface area (Å²) in [5, 5.41) is 8.85. The second-order valence-electron chi connectivity index (χ2n) is 4.74. The van der Waals surface area contributed by atoms with E-state index >= 15 is 0 Å². The standard InChI is InChI=1S/C15H17N5O2/c1-3-19(4-2)13-6-5-11(8-17-13)9-20-10-12(7-16)14(21)18-15(20)22/h5-6,8,10H,3-4,9H2,1-2H3,(H,18,21,22). The molecule has 0 bridgehead atoms. The lowest BCUT2D eigenvalue weighted by Gasteiger charge is -2.19. The van der Waals surface area contributed by atoms with Crippen molar-refractivity contribution in [1.29, 1.82) is 5.26 Å². The van der Waals surface area contributed by atoms with Gasteiger partial charge in [0.05, 0.1) is 6.54 Å². The van der Waals surface area contributed by atoms with Crippen molar-refractivity contribution in [3.63, 3.8) is 0 Å². The number of H-pyrrole nitrogens is 1. The van der Waals surface area contributed by atoms with E-state index < -0.39 is 11.2 Å². The molecule has 7 heteroatoms. The van der Waals surface area contributed by atoms with E-state index in [0.29, 0.717) is 0 Å². The Morgan fingerprint density at radius 3 is 2.59 bits per heavy atom. The van der Waals surface area contributed by atoms with Crippen LogP contribution in [0.4, 0.5) is 5.82 Å². The number of aromatic amines is 1. The Bertz CT molecular complexity index is 794. The van der Waals surface area contributed by atoms with Crippen molar-refractivity contribution in [2.75, 3.05) is 18.0 Å². The molecule has 22 heavy (non-hydrogen) atoms. The summed E-state index contributed by atoms with van der Waals surface area (Å²) in [6.07, 6.45) is 2.96. The first-order valence-corrected chi connectivity index (χ1v) is 7.02. The molecular formula is C15H17N5O2. The summed E-state index contributed by atoms with van der Waals surface area (Å²) < 4.78 is 1.29. The second kappa shape index (κ2) is 6.72. The minimum atomic E-state index is -0.668. The van der Waals surface area contributed by atoms with Crippen molar-refractivity contribution in [1.82, 2.24) is 14.5 Å². The molecule has 2 aromatic rings. The molecule has 0 atom stereocenters. The minimum absolute atomic E-state index is 0.0904. The molecule has 114 valence electrons. The Hall–Kier alpha value is -2.88. The van der Waals surface area contributed by atoms with Gasteiger partial charge in [-0.25, -0.2) is 9.78 Å². The Kier molecular flexibility index (Phi) is 4.73. The smallest absolute Gasteiger partial charge is 0.328 e. The number of nitrogens with one attached hydrogen (secondary N) is 1. The van der Waals surface area contributed by atoms with Crippen LogP contribution in [-0.2, 0) is 6.54 Å². The van der Waals surface area contributed by atoms with E-state index in [1.165, 1.54) is 10.8 Å². The topological polar surface area (TPSA) is 94.8 Å². The number of rotatable bonds is 5. The second-order valence-corrected chi connectivity index (χ2v) is 4.74.